The fourth-order valence-corrected chi connectivity index (χ4v) is 1.54. The predicted molar refractivity (Wildman–Crippen MR) is 57.8 cm³/mol. The van der Waals surface area contributed by atoms with Crippen LogP contribution in [0.15, 0.2) is 47.9 Å². The van der Waals surface area contributed by atoms with Crippen LogP contribution in [-0.4, -0.2) is 24.0 Å². The molecule has 0 bridgehead atoms. The van der Waals surface area contributed by atoms with Gasteiger partial charge < -0.3 is 9.64 Å². The number of hydrogen-bond donors (Lipinski definition) is 0. The van der Waals surface area contributed by atoms with Gasteiger partial charge in [-0.15, -0.1) is 0 Å². The molecule has 78 valence electrons. The second kappa shape index (κ2) is 4.17. The molecule has 0 aromatic rings. The van der Waals surface area contributed by atoms with E-state index < -0.39 is 0 Å². The van der Waals surface area contributed by atoms with Crippen molar-refractivity contribution in [3.63, 3.8) is 0 Å². The van der Waals surface area contributed by atoms with Crippen molar-refractivity contribution in [1.29, 1.82) is 0 Å². The van der Waals surface area contributed by atoms with Crippen LogP contribution in [0.5, 0.6) is 0 Å². The molecule has 0 spiro atoms. The lowest BCUT2D eigenvalue weighted by atomic mass is 10.1. The van der Waals surface area contributed by atoms with Crippen molar-refractivity contribution in [2.24, 2.45) is 0 Å². The van der Waals surface area contributed by atoms with Gasteiger partial charge >= 0.3 is 5.97 Å². The number of esters is 1. The lowest BCUT2D eigenvalue weighted by Gasteiger charge is -2.25. The Morgan fingerprint density at radius 1 is 1.60 bits per heavy atom. The molecule has 0 aromatic heterocycles. The number of rotatable bonds is 2. The average molecular weight is 203 g/mol. The van der Waals surface area contributed by atoms with Gasteiger partial charge in [-0.25, -0.2) is 4.79 Å². The molecule has 15 heavy (non-hydrogen) atoms. The molecule has 2 rings (SSSR count). The summed E-state index contributed by atoms with van der Waals surface area (Å²) in [5.41, 5.74) is 1.64. The Bertz CT molecular complexity index is 388. The number of carbonyl (C=O) groups excluding carboxylic acids is 1. The minimum Gasteiger partial charge on any atom is -0.462 e. The van der Waals surface area contributed by atoms with Gasteiger partial charge in [0, 0.05) is 18.4 Å². The van der Waals surface area contributed by atoms with Crippen LogP contribution in [0.1, 0.15) is 6.92 Å². The predicted octanol–water partition coefficient (Wildman–Crippen LogP) is 1.76. The quantitative estimate of drug-likeness (QED) is 0.640. The summed E-state index contributed by atoms with van der Waals surface area (Å²) in [5.74, 6) is -0.260. The molecule has 2 heterocycles. The number of nitrogens with zero attached hydrogens (tertiary/aromatic N) is 1. The summed E-state index contributed by atoms with van der Waals surface area (Å²) in [6.45, 7) is 3.07. The van der Waals surface area contributed by atoms with Crippen molar-refractivity contribution in [3.8, 4) is 0 Å². The highest BCUT2D eigenvalue weighted by Crippen LogP contribution is 2.20. The SMILES string of the molecule is CCOC(=O)C1=CC2=CC=CCN2C=C1. The summed E-state index contributed by atoms with van der Waals surface area (Å²) in [6.07, 6.45) is 11.6. The summed E-state index contributed by atoms with van der Waals surface area (Å²) in [7, 11) is 0. The fraction of sp³-hybridized carbons (Fsp3) is 0.250. The molecule has 0 N–H and O–H groups in total. The van der Waals surface area contributed by atoms with E-state index in [0.29, 0.717) is 12.2 Å². The highest BCUT2D eigenvalue weighted by atomic mass is 16.5. The summed E-state index contributed by atoms with van der Waals surface area (Å²) >= 11 is 0. The molecule has 0 saturated carbocycles. The zero-order valence-corrected chi connectivity index (χ0v) is 8.64. The van der Waals surface area contributed by atoms with E-state index in [1.54, 1.807) is 13.0 Å². The fourth-order valence-electron chi connectivity index (χ4n) is 1.54. The molecule has 3 nitrogen and oxygen atoms in total. The van der Waals surface area contributed by atoms with Crippen molar-refractivity contribution in [1.82, 2.24) is 4.90 Å². The Hall–Kier alpha value is -1.77. The minimum absolute atomic E-state index is 0.260. The lowest BCUT2D eigenvalue weighted by molar-refractivity contribution is -0.138. The van der Waals surface area contributed by atoms with Gasteiger partial charge in [-0.05, 0) is 25.2 Å². The first-order valence-corrected chi connectivity index (χ1v) is 5.02. The highest BCUT2D eigenvalue weighted by Gasteiger charge is 2.15. The molecule has 2 aliphatic heterocycles. The van der Waals surface area contributed by atoms with Gasteiger partial charge in [-0.1, -0.05) is 12.2 Å². The van der Waals surface area contributed by atoms with Crippen LogP contribution in [0.2, 0.25) is 0 Å². The zero-order chi connectivity index (χ0) is 10.7. The van der Waals surface area contributed by atoms with Gasteiger partial charge in [0.25, 0.3) is 0 Å². The van der Waals surface area contributed by atoms with Crippen LogP contribution in [0.3, 0.4) is 0 Å². The average Bonchev–Trinajstić information content (AvgIpc) is 2.29. The van der Waals surface area contributed by atoms with Gasteiger partial charge in [0.15, 0.2) is 0 Å². The molecule has 0 atom stereocenters. The molecule has 0 radical (unpaired) electrons. The number of hydrogen-bond acceptors (Lipinski definition) is 3. The second-order valence-corrected chi connectivity index (χ2v) is 3.31. The third kappa shape index (κ3) is 2.01. The standard InChI is InChI=1S/C12H13NO2/c1-2-15-12(14)10-6-8-13-7-4-3-5-11(13)9-10/h3-6,8-9H,2,7H2,1H3. The van der Waals surface area contributed by atoms with Crippen molar-refractivity contribution < 1.29 is 9.53 Å². The number of fused-ring (bicyclic) bond motifs is 1. The van der Waals surface area contributed by atoms with Gasteiger partial charge in [0.05, 0.1) is 12.2 Å². The lowest BCUT2D eigenvalue weighted by Crippen LogP contribution is -2.21. The normalized spacial score (nSPS) is 18.1. The van der Waals surface area contributed by atoms with E-state index in [2.05, 4.69) is 11.0 Å². The molecule has 2 aliphatic rings. The van der Waals surface area contributed by atoms with E-state index in [-0.39, 0.29) is 5.97 Å². The first kappa shape index (κ1) is 9.77. The van der Waals surface area contributed by atoms with Crippen molar-refractivity contribution in [2.45, 2.75) is 6.92 Å². The van der Waals surface area contributed by atoms with Crippen molar-refractivity contribution >= 4 is 5.97 Å². The Kier molecular flexibility index (Phi) is 2.72. The first-order chi connectivity index (χ1) is 7.31. The van der Waals surface area contributed by atoms with E-state index in [1.165, 1.54) is 0 Å². The van der Waals surface area contributed by atoms with E-state index in [4.69, 9.17) is 4.74 Å². The van der Waals surface area contributed by atoms with E-state index in [9.17, 15) is 4.79 Å². The van der Waals surface area contributed by atoms with Crippen LogP contribution in [0.25, 0.3) is 0 Å². The van der Waals surface area contributed by atoms with Gasteiger partial charge in [0.2, 0.25) is 0 Å². The molecule has 0 saturated heterocycles. The molecule has 0 amide bonds. The van der Waals surface area contributed by atoms with Gasteiger partial charge in [-0.3, -0.25) is 0 Å². The summed E-state index contributed by atoms with van der Waals surface area (Å²) in [5, 5.41) is 0. The maximum atomic E-state index is 11.5. The molecule has 0 fully saturated rings. The number of ether oxygens (including phenoxy) is 1. The van der Waals surface area contributed by atoms with Crippen LogP contribution < -0.4 is 0 Å². The summed E-state index contributed by atoms with van der Waals surface area (Å²) < 4.78 is 4.94. The molecule has 3 heteroatoms. The monoisotopic (exact) mass is 203 g/mol. The minimum atomic E-state index is -0.260. The van der Waals surface area contributed by atoms with Crippen LogP contribution >= 0.6 is 0 Å². The van der Waals surface area contributed by atoms with E-state index in [0.717, 1.165) is 12.2 Å². The molecular formula is C12H13NO2. The summed E-state index contributed by atoms with van der Waals surface area (Å²) in [4.78, 5) is 13.5. The Balaban J connectivity index is 2.19. The van der Waals surface area contributed by atoms with Crippen LogP contribution in [-0.2, 0) is 9.53 Å². The maximum absolute atomic E-state index is 11.5. The van der Waals surface area contributed by atoms with Gasteiger partial charge in [-0.2, -0.15) is 0 Å². The smallest absolute Gasteiger partial charge is 0.338 e. The molecule has 0 unspecified atom stereocenters. The highest BCUT2D eigenvalue weighted by molar-refractivity contribution is 5.92. The third-order valence-corrected chi connectivity index (χ3v) is 2.29. The zero-order valence-electron chi connectivity index (χ0n) is 8.64. The molecule has 0 aliphatic carbocycles. The van der Waals surface area contributed by atoms with Crippen LogP contribution in [0, 0.1) is 0 Å². The van der Waals surface area contributed by atoms with E-state index >= 15 is 0 Å². The van der Waals surface area contributed by atoms with Crippen molar-refractivity contribution in [3.05, 3.63) is 47.9 Å². The third-order valence-electron chi connectivity index (χ3n) is 2.29. The molecular weight excluding hydrogens is 190 g/mol. The Morgan fingerprint density at radius 3 is 3.27 bits per heavy atom. The maximum Gasteiger partial charge on any atom is 0.338 e. The summed E-state index contributed by atoms with van der Waals surface area (Å²) in [6, 6.07) is 0. The number of allylic oxidation sites excluding steroid dienone is 3. The molecule has 0 aromatic carbocycles. The Labute approximate surface area is 89.0 Å². The largest absolute Gasteiger partial charge is 0.462 e. The van der Waals surface area contributed by atoms with Gasteiger partial charge in [0.1, 0.15) is 0 Å². The van der Waals surface area contributed by atoms with Crippen LogP contribution in [0.4, 0.5) is 0 Å². The Morgan fingerprint density at radius 2 is 2.47 bits per heavy atom. The second-order valence-electron chi connectivity index (χ2n) is 3.31. The first-order valence-electron chi connectivity index (χ1n) is 5.02. The topological polar surface area (TPSA) is 29.5 Å². The number of carbonyl (C=O) groups is 1. The van der Waals surface area contributed by atoms with E-state index in [1.807, 2.05) is 24.4 Å². The van der Waals surface area contributed by atoms with Crippen molar-refractivity contribution in [2.75, 3.05) is 13.2 Å².